The summed E-state index contributed by atoms with van der Waals surface area (Å²) in [5.74, 6) is 1.98. The van der Waals surface area contributed by atoms with Gasteiger partial charge in [-0.15, -0.1) is 11.8 Å². The number of nitrogens with zero attached hydrogens (tertiary/aromatic N) is 3. The Kier molecular flexibility index (Phi) is 6.83. The van der Waals surface area contributed by atoms with Gasteiger partial charge in [0.25, 0.3) is 0 Å². The number of nitrogens with one attached hydrogen (secondary N) is 1. The summed E-state index contributed by atoms with van der Waals surface area (Å²) in [6.07, 6.45) is 0.470. The van der Waals surface area contributed by atoms with Crippen LogP contribution in [0.4, 0.5) is 0 Å². The van der Waals surface area contributed by atoms with E-state index in [1.165, 1.54) is 4.90 Å². The van der Waals surface area contributed by atoms with Gasteiger partial charge in [0.1, 0.15) is 11.6 Å². The van der Waals surface area contributed by atoms with E-state index in [0.29, 0.717) is 11.7 Å². The predicted molar refractivity (Wildman–Crippen MR) is 126 cm³/mol. The highest BCUT2D eigenvalue weighted by molar-refractivity contribution is 7.99. The summed E-state index contributed by atoms with van der Waals surface area (Å²) in [6.45, 7) is 8.36. The van der Waals surface area contributed by atoms with Gasteiger partial charge in [-0.05, 0) is 29.8 Å². The lowest BCUT2D eigenvalue weighted by atomic mass is 10.1. The van der Waals surface area contributed by atoms with Gasteiger partial charge >= 0.3 is 0 Å². The normalized spacial score (nSPS) is 15.0. The third-order valence-electron chi connectivity index (χ3n) is 5.49. The fraction of sp³-hybridized carbons (Fsp3) is 0.417. The quantitative estimate of drug-likeness (QED) is 0.566. The van der Waals surface area contributed by atoms with Crippen molar-refractivity contribution in [3.63, 3.8) is 0 Å². The van der Waals surface area contributed by atoms with Crippen molar-refractivity contribution in [3.8, 4) is 5.75 Å². The van der Waals surface area contributed by atoms with Gasteiger partial charge in [0.2, 0.25) is 5.91 Å². The number of ether oxygens (including phenoxy) is 1. The Morgan fingerprint density at radius 1 is 1.13 bits per heavy atom. The molecule has 2 heterocycles. The highest BCUT2D eigenvalue weighted by atomic mass is 32.2. The highest BCUT2D eigenvalue weighted by Gasteiger charge is 2.22. The minimum Gasteiger partial charge on any atom is -0.497 e. The molecule has 1 aliphatic rings. The molecule has 1 fully saturated rings. The zero-order chi connectivity index (χ0) is 21.8. The number of imidazole rings is 1. The summed E-state index contributed by atoms with van der Waals surface area (Å²) in [5.41, 5.74) is 3.02. The van der Waals surface area contributed by atoms with E-state index in [-0.39, 0.29) is 5.91 Å². The van der Waals surface area contributed by atoms with E-state index in [1.54, 1.807) is 7.11 Å². The average molecular weight is 439 g/mol. The molecule has 1 aromatic heterocycles. The van der Waals surface area contributed by atoms with Crippen LogP contribution in [0.5, 0.6) is 5.75 Å². The van der Waals surface area contributed by atoms with Gasteiger partial charge in [0.05, 0.1) is 31.1 Å². The zero-order valence-corrected chi connectivity index (χ0v) is 19.2. The highest BCUT2D eigenvalue weighted by Crippen LogP contribution is 2.23. The Morgan fingerprint density at radius 3 is 2.55 bits per heavy atom. The maximum absolute atomic E-state index is 12.7. The number of carbonyl (C=O) groups excluding carboxylic acids is 1. The smallest absolute Gasteiger partial charge is 0.227 e. The molecule has 0 radical (unpaired) electrons. The van der Waals surface area contributed by atoms with Crippen molar-refractivity contribution in [2.75, 3.05) is 33.3 Å². The predicted octanol–water partition coefficient (Wildman–Crippen LogP) is 3.96. The van der Waals surface area contributed by atoms with E-state index in [4.69, 9.17) is 4.74 Å². The lowest BCUT2D eigenvalue weighted by Gasteiger charge is -2.34. The minimum absolute atomic E-state index is 0.208. The molecule has 0 bridgehead atoms. The molecule has 3 aromatic rings. The van der Waals surface area contributed by atoms with Crippen LogP contribution in [0.25, 0.3) is 11.0 Å². The second-order valence-corrected chi connectivity index (χ2v) is 9.86. The monoisotopic (exact) mass is 438 g/mol. The first-order chi connectivity index (χ1) is 15.0. The Hall–Kier alpha value is -2.51. The van der Waals surface area contributed by atoms with Crippen LogP contribution in [0.2, 0.25) is 0 Å². The van der Waals surface area contributed by atoms with E-state index in [0.717, 1.165) is 60.9 Å². The summed E-state index contributed by atoms with van der Waals surface area (Å²) in [7, 11) is 1.67. The first kappa shape index (κ1) is 21.7. The summed E-state index contributed by atoms with van der Waals surface area (Å²) in [5, 5.41) is 0.561. The van der Waals surface area contributed by atoms with Crippen LogP contribution in [0.1, 0.15) is 25.2 Å². The number of aromatic amines is 1. The van der Waals surface area contributed by atoms with Crippen molar-refractivity contribution >= 4 is 28.7 Å². The van der Waals surface area contributed by atoms with Gasteiger partial charge in [0, 0.05) is 42.4 Å². The van der Waals surface area contributed by atoms with E-state index in [1.807, 2.05) is 34.9 Å². The van der Waals surface area contributed by atoms with Gasteiger partial charge < -0.3 is 14.6 Å². The van der Waals surface area contributed by atoms with Crippen LogP contribution < -0.4 is 4.74 Å². The van der Waals surface area contributed by atoms with E-state index >= 15 is 0 Å². The largest absolute Gasteiger partial charge is 0.497 e. The Balaban J connectivity index is 1.27. The second-order valence-electron chi connectivity index (χ2n) is 8.21. The molecule has 7 heteroatoms. The molecule has 0 aliphatic carbocycles. The summed E-state index contributed by atoms with van der Waals surface area (Å²) < 4.78 is 5.28. The molecule has 0 unspecified atom stereocenters. The first-order valence-corrected chi connectivity index (χ1v) is 11.7. The SMILES string of the molecule is COc1ccc2nc(CN3CCN(C(=O)Cc4ccc(SC(C)C)cc4)CC3)[nH]c2c1. The molecule has 164 valence electrons. The van der Waals surface area contributed by atoms with Gasteiger partial charge in [-0.25, -0.2) is 4.98 Å². The molecular weight excluding hydrogens is 408 g/mol. The average Bonchev–Trinajstić information content (AvgIpc) is 3.16. The van der Waals surface area contributed by atoms with Crippen LogP contribution >= 0.6 is 11.8 Å². The first-order valence-electron chi connectivity index (χ1n) is 10.8. The van der Waals surface area contributed by atoms with Crippen molar-refractivity contribution in [2.24, 2.45) is 0 Å². The fourth-order valence-electron chi connectivity index (χ4n) is 3.86. The number of carbonyl (C=O) groups is 1. The molecule has 31 heavy (non-hydrogen) atoms. The van der Waals surface area contributed by atoms with E-state index in [2.05, 4.69) is 53.0 Å². The summed E-state index contributed by atoms with van der Waals surface area (Å²) in [4.78, 5) is 26.4. The van der Waals surface area contributed by atoms with Crippen molar-refractivity contribution in [1.82, 2.24) is 19.8 Å². The molecular formula is C24H30N4O2S. The van der Waals surface area contributed by atoms with Crippen molar-refractivity contribution < 1.29 is 9.53 Å². The molecule has 6 nitrogen and oxygen atoms in total. The topological polar surface area (TPSA) is 61.5 Å². The van der Waals surface area contributed by atoms with Crippen LogP contribution in [0.3, 0.4) is 0 Å². The molecule has 1 amide bonds. The van der Waals surface area contributed by atoms with Gasteiger partial charge in [-0.1, -0.05) is 26.0 Å². The van der Waals surface area contributed by atoms with E-state index < -0.39 is 0 Å². The maximum atomic E-state index is 12.7. The molecule has 1 aliphatic heterocycles. The minimum atomic E-state index is 0.208. The van der Waals surface area contributed by atoms with Gasteiger partial charge in [-0.3, -0.25) is 9.69 Å². The van der Waals surface area contributed by atoms with Gasteiger partial charge in [0.15, 0.2) is 0 Å². The molecule has 1 saturated heterocycles. The summed E-state index contributed by atoms with van der Waals surface area (Å²) >= 11 is 1.84. The zero-order valence-electron chi connectivity index (χ0n) is 18.4. The molecule has 1 N–H and O–H groups in total. The summed E-state index contributed by atoms with van der Waals surface area (Å²) in [6, 6.07) is 14.3. The van der Waals surface area contributed by atoms with Crippen LogP contribution in [-0.4, -0.2) is 64.2 Å². The molecule has 0 saturated carbocycles. The van der Waals surface area contributed by atoms with Crippen LogP contribution in [0, 0.1) is 0 Å². The molecule has 4 rings (SSSR count). The van der Waals surface area contributed by atoms with Crippen LogP contribution in [0.15, 0.2) is 47.4 Å². The van der Waals surface area contributed by atoms with Crippen molar-refractivity contribution in [3.05, 3.63) is 53.9 Å². The lowest BCUT2D eigenvalue weighted by molar-refractivity contribution is -0.132. The maximum Gasteiger partial charge on any atom is 0.227 e. The molecule has 2 aromatic carbocycles. The Bertz CT molecular complexity index is 1020. The fourth-order valence-corrected chi connectivity index (χ4v) is 4.69. The molecule has 0 atom stereocenters. The number of methoxy groups -OCH3 is 1. The van der Waals surface area contributed by atoms with Crippen LogP contribution in [-0.2, 0) is 17.8 Å². The van der Waals surface area contributed by atoms with E-state index in [9.17, 15) is 4.79 Å². The molecule has 0 spiro atoms. The van der Waals surface area contributed by atoms with Crippen molar-refractivity contribution in [2.45, 2.75) is 37.0 Å². The third-order valence-corrected chi connectivity index (χ3v) is 6.50. The Labute approximate surface area is 188 Å². The number of amides is 1. The number of hydrogen-bond acceptors (Lipinski definition) is 5. The second kappa shape index (κ2) is 9.75. The Morgan fingerprint density at radius 2 is 1.87 bits per heavy atom. The number of H-pyrrole nitrogens is 1. The standard InChI is InChI=1S/C24H30N4O2S/c1-17(2)31-20-7-4-18(5-8-20)14-24(29)28-12-10-27(11-13-28)16-23-25-21-9-6-19(30-3)15-22(21)26-23/h4-9,15,17H,10-14,16H2,1-3H3,(H,25,26). The lowest BCUT2D eigenvalue weighted by Crippen LogP contribution is -2.48. The third kappa shape index (κ3) is 5.60. The van der Waals surface area contributed by atoms with Gasteiger partial charge in [-0.2, -0.15) is 0 Å². The number of aromatic nitrogens is 2. The number of rotatable bonds is 7. The number of thioether (sulfide) groups is 1. The number of piperazine rings is 1. The number of fused-ring (bicyclic) bond motifs is 1. The number of hydrogen-bond donors (Lipinski definition) is 1. The number of benzene rings is 2. The van der Waals surface area contributed by atoms with Crippen molar-refractivity contribution in [1.29, 1.82) is 0 Å².